The number of rotatable bonds is 7. The number of nitrogens with one attached hydrogen (secondary N) is 1. The topological polar surface area (TPSA) is 71.5 Å². The maximum atomic E-state index is 12.8. The van der Waals surface area contributed by atoms with E-state index >= 15 is 0 Å². The van der Waals surface area contributed by atoms with Crippen molar-refractivity contribution in [1.29, 1.82) is 0 Å². The number of ether oxygens (including phenoxy) is 1. The van der Waals surface area contributed by atoms with Gasteiger partial charge < -0.3 is 15.2 Å². The lowest BCUT2D eigenvalue weighted by Crippen LogP contribution is -2.36. The summed E-state index contributed by atoms with van der Waals surface area (Å²) in [5.74, 6) is -0.694. The van der Waals surface area contributed by atoms with Crippen LogP contribution >= 0.6 is 0 Å². The number of hydrogen-bond donors (Lipinski definition) is 2. The van der Waals surface area contributed by atoms with E-state index in [9.17, 15) is 23.1 Å². The second-order valence-corrected chi connectivity index (χ2v) is 5.19. The Balaban J connectivity index is 2.56. The summed E-state index contributed by atoms with van der Waals surface area (Å²) >= 11 is 0. The minimum absolute atomic E-state index is 0.00714. The van der Waals surface area contributed by atoms with Crippen LogP contribution in [0.5, 0.6) is 0 Å². The van der Waals surface area contributed by atoms with Gasteiger partial charge in [0.15, 0.2) is 0 Å². The molecule has 5 nitrogen and oxygen atoms in total. The van der Waals surface area contributed by atoms with Gasteiger partial charge in [-0.05, 0) is 18.1 Å². The number of hydrogen-bond acceptors (Lipinski definition) is 4. The molecule has 8 heteroatoms. The fourth-order valence-electron chi connectivity index (χ4n) is 1.61. The van der Waals surface area contributed by atoms with Crippen LogP contribution in [-0.4, -0.2) is 41.9 Å². The van der Waals surface area contributed by atoms with Crippen molar-refractivity contribution in [3.63, 3.8) is 0 Å². The Labute approximate surface area is 126 Å². The van der Waals surface area contributed by atoms with Crippen molar-refractivity contribution in [2.75, 3.05) is 19.8 Å². The van der Waals surface area contributed by atoms with E-state index in [0.29, 0.717) is 12.5 Å². The lowest BCUT2D eigenvalue weighted by molar-refractivity contribution is -0.138. The van der Waals surface area contributed by atoms with E-state index in [1.807, 2.05) is 13.8 Å². The Kier molecular flexibility index (Phi) is 6.76. The Bertz CT molecular complexity index is 492. The number of carbonyl (C=O) groups excluding carboxylic acids is 1. The smallest absolute Gasteiger partial charge is 0.389 e. The monoisotopic (exact) mass is 320 g/mol. The summed E-state index contributed by atoms with van der Waals surface area (Å²) in [4.78, 5) is 15.2. The molecule has 1 heterocycles. The number of amides is 1. The summed E-state index contributed by atoms with van der Waals surface area (Å²) in [6.07, 6.45) is -4.56. The van der Waals surface area contributed by atoms with Crippen LogP contribution in [0.1, 0.15) is 29.9 Å². The molecule has 0 aromatic carbocycles. The zero-order chi connectivity index (χ0) is 16.8. The van der Waals surface area contributed by atoms with Gasteiger partial charge in [-0.15, -0.1) is 0 Å². The van der Waals surface area contributed by atoms with Crippen LogP contribution in [0.15, 0.2) is 18.3 Å². The van der Waals surface area contributed by atoms with Crippen LogP contribution in [0.3, 0.4) is 0 Å². The van der Waals surface area contributed by atoms with Gasteiger partial charge in [0.05, 0.1) is 18.3 Å². The number of carbonyl (C=O) groups is 1. The van der Waals surface area contributed by atoms with E-state index in [2.05, 4.69) is 10.3 Å². The lowest BCUT2D eigenvalue weighted by atomic mass is 10.1. The first-order valence-corrected chi connectivity index (χ1v) is 6.78. The maximum absolute atomic E-state index is 12.8. The van der Waals surface area contributed by atoms with E-state index in [-0.39, 0.29) is 13.2 Å². The summed E-state index contributed by atoms with van der Waals surface area (Å²) in [6.45, 7) is 4.10. The molecule has 0 aliphatic rings. The van der Waals surface area contributed by atoms with Crippen molar-refractivity contribution in [1.82, 2.24) is 10.3 Å². The summed E-state index contributed by atoms with van der Waals surface area (Å²) < 4.78 is 43.5. The molecule has 1 aromatic heterocycles. The average molecular weight is 320 g/mol. The van der Waals surface area contributed by atoms with E-state index in [4.69, 9.17) is 4.74 Å². The third kappa shape index (κ3) is 5.98. The van der Waals surface area contributed by atoms with E-state index in [1.54, 1.807) is 0 Å². The van der Waals surface area contributed by atoms with Gasteiger partial charge in [0.1, 0.15) is 5.69 Å². The second kappa shape index (κ2) is 8.09. The van der Waals surface area contributed by atoms with E-state index < -0.39 is 29.4 Å². The highest BCUT2D eigenvalue weighted by Gasteiger charge is 2.35. The summed E-state index contributed by atoms with van der Waals surface area (Å²) in [5.41, 5.74) is -1.83. The number of pyridine rings is 1. The van der Waals surface area contributed by atoms with Gasteiger partial charge in [0.25, 0.3) is 5.91 Å². The highest BCUT2D eigenvalue weighted by molar-refractivity contribution is 5.93. The molecule has 1 rings (SSSR count). The fraction of sp³-hybridized carbons (Fsp3) is 0.571. The van der Waals surface area contributed by atoms with Crippen molar-refractivity contribution < 1.29 is 27.8 Å². The molecule has 0 aliphatic carbocycles. The van der Waals surface area contributed by atoms with Gasteiger partial charge in [0, 0.05) is 19.3 Å². The van der Waals surface area contributed by atoms with Crippen LogP contribution in [0.25, 0.3) is 0 Å². The van der Waals surface area contributed by atoms with E-state index in [1.165, 1.54) is 0 Å². The Morgan fingerprint density at radius 3 is 2.68 bits per heavy atom. The molecule has 0 fully saturated rings. The first-order valence-electron chi connectivity index (χ1n) is 6.78. The van der Waals surface area contributed by atoms with Gasteiger partial charge in [-0.1, -0.05) is 13.8 Å². The summed E-state index contributed by atoms with van der Waals surface area (Å²) in [5, 5.41) is 11.8. The van der Waals surface area contributed by atoms with Crippen molar-refractivity contribution in [2.45, 2.75) is 26.1 Å². The highest BCUT2D eigenvalue weighted by atomic mass is 19.4. The second-order valence-electron chi connectivity index (χ2n) is 5.19. The number of aliphatic hydroxyl groups excluding tert-OH is 1. The molecular weight excluding hydrogens is 301 g/mol. The predicted molar refractivity (Wildman–Crippen MR) is 73.2 cm³/mol. The molecule has 0 radical (unpaired) electrons. The molecule has 2 N–H and O–H groups in total. The van der Waals surface area contributed by atoms with Gasteiger partial charge in [-0.2, -0.15) is 13.2 Å². The molecule has 0 spiro atoms. The Morgan fingerprint density at radius 2 is 2.09 bits per heavy atom. The van der Waals surface area contributed by atoms with Crippen LogP contribution in [-0.2, 0) is 10.9 Å². The average Bonchev–Trinajstić information content (AvgIpc) is 2.43. The minimum Gasteiger partial charge on any atom is -0.389 e. The van der Waals surface area contributed by atoms with Gasteiger partial charge in [0.2, 0.25) is 0 Å². The van der Waals surface area contributed by atoms with Gasteiger partial charge in [-0.25, -0.2) is 0 Å². The molecule has 1 atom stereocenters. The van der Waals surface area contributed by atoms with Crippen molar-refractivity contribution in [2.24, 2.45) is 5.92 Å². The quantitative estimate of drug-likeness (QED) is 0.804. The SMILES string of the molecule is CC(C)COCC(O)CNC(=O)c1ncccc1C(F)(F)F. The molecule has 1 aromatic rings. The Morgan fingerprint density at radius 1 is 1.41 bits per heavy atom. The Hall–Kier alpha value is -1.67. The van der Waals surface area contributed by atoms with Gasteiger partial charge in [-0.3, -0.25) is 9.78 Å². The van der Waals surface area contributed by atoms with Crippen LogP contribution in [0.4, 0.5) is 13.2 Å². The van der Waals surface area contributed by atoms with Crippen LogP contribution < -0.4 is 5.32 Å². The maximum Gasteiger partial charge on any atom is 0.418 e. The lowest BCUT2D eigenvalue weighted by Gasteiger charge is -2.15. The third-order valence-electron chi connectivity index (χ3n) is 2.59. The molecule has 0 bridgehead atoms. The van der Waals surface area contributed by atoms with Crippen molar-refractivity contribution in [3.05, 3.63) is 29.6 Å². The number of alkyl halides is 3. The molecular formula is C14H19F3N2O3. The highest BCUT2D eigenvalue weighted by Crippen LogP contribution is 2.30. The molecule has 1 amide bonds. The first-order chi connectivity index (χ1) is 10.2. The zero-order valence-electron chi connectivity index (χ0n) is 12.4. The number of aromatic nitrogens is 1. The first kappa shape index (κ1) is 18.4. The molecule has 22 heavy (non-hydrogen) atoms. The minimum atomic E-state index is -4.67. The number of aliphatic hydroxyl groups is 1. The normalized spacial score (nSPS) is 13.2. The molecule has 1 unspecified atom stereocenters. The fourth-order valence-corrected chi connectivity index (χ4v) is 1.61. The van der Waals surface area contributed by atoms with Crippen LogP contribution in [0, 0.1) is 5.92 Å². The predicted octanol–water partition coefficient (Wildman–Crippen LogP) is 1.86. The van der Waals surface area contributed by atoms with Crippen molar-refractivity contribution >= 4 is 5.91 Å². The molecule has 0 saturated heterocycles. The number of nitrogens with zero attached hydrogens (tertiary/aromatic N) is 1. The molecule has 124 valence electrons. The third-order valence-corrected chi connectivity index (χ3v) is 2.59. The van der Waals surface area contributed by atoms with E-state index in [0.717, 1.165) is 18.3 Å². The summed E-state index contributed by atoms with van der Waals surface area (Å²) in [7, 11) is 0. The van der Waals surface area contributed by atoms with Gasteiger partial charge >= 0.3 is 6.18 Å². The largest absolute Gasteiger partial charge is 0.418 e. The summed E-state index contributed by atoms with van der Waals surface area (Å²) in [6, 6.07) is 1.89. The van der Waals surface area contributed by atoms with Crippen LogP contribution in [0.2, 0.25) is 0 Å². The van der Waals surface area contributed by atoms with Crippen molar-refractivity contribution in [3.8, 4) is 0 Å². The standard InChI is InChI=1S/C14H19F3N2O3/c1-9(2)7-22-8-10(20)6-19-13(21)12-11(14(15,16)17)4-3-5-18-12/h3-5,9-10,20H,6-8H2,1-2H3,(H,19,21). The molecule has 0 aliphatic heterocycles. The molecule has 0 saturated carbocycles. The number of halogens is 3. The zero-order valence-corrected chi connectivity index (χ0v) is 12.4.